The molecule has 0 unspecified atom stereocenters. The third-order valence-electron chi connectivity index (χ3n) is 3.05. The van der Waals surface area contributed by atoms with Crippen LogP contribution in [0.5, 0.6) is 0 Å². The number of rotatable bonds is 3. The Labute approximate surface area is 123 Å². The minimum absolute atomic E-state index is 0.174. The van der Waals surface area contributed by atoms with Gasteiger partial charge in [0, 0.05) is 11.3 Å². The SMILES string of the molecule is COC(=O)c1ccc(NC(=O)c2cc(C)cc(C)c2)cc1. The lowest BCUT2D eigenvalue weighted by molar-refractivity contribution is 0.0600. The van der Waals surface area contributed by atoms with Gasteiger partial charge in [0.15, 0.2) is 0 Å². The number of aryl methyl sites for hydroxylation is 2. The normalized spacial score (nSPS) is 10.0. The van der Waals surface area contributed by atoms with Gasteiger partial charge in [-0.25, -0.2) is 4.79 Å². The summed E-state index contributed by atoms with van der Waals surface area (Å²) in [6.45, 7) is 3.91. The first-order valence-corrected chi connectivity index (χ1v) is 6.57. The number of nitrogens with one attached hydrogen (secondary N) is 1. The first-order valence-electron chi connectivity index (χ1n) is 6.57. The van der Waals surface area contributed by atoms with Gasteiger partial charge in [0.1, 0.15) is 0 Å². The maximum atomic E-state index is 12.2. The van der Waals surface area contributed by atoms with Crippen molar-refractivity contribution in [2.75, 3.05) is 12.4 Å². The van der Waals surface area contributed by atoms with E-state index in [1.807, 2.05) is 32.0 Å². The minimum Gasteiger partial charge on any atom is -0.465 e. The number of hydrogen-bond donors (Lipinski definition) is 1. The molecule has 1 N–H and O–H groups in total. The van der Waals surface area contributed by atoms with E-state index >= 15 is 0 Å². The van der Waals surface area contributed by atoms with Crippen LogP contribution >= 0.6 is 0 Å². The Kier molecular flexibility index (Phi) is 4.38. The lowest BCUT2D eigenvalue weighted by atomic mass is 10.1. The van der Waals surface area contributed by atoms with Crippen molar-refractivity contribution >= 4 is 17.6 Å². The largest absolute Gasteiger partial charge is 0.465 e. The van der Waals surface area contributed by atoms with Crippen LogP contribution in [-0.2, 0) is 4.74 Å². The van der Waals surface area contributed by atoms with E-state index < -0.39 is 5.97 Å². The summed E-state index contributed by atoms with van der Waals surface area (Å²) in [4.78, 5) is 23.5. The van der Waals surface area contributed by atoms with Crippen molar-refractivity contribution in [2.24, 2.45) is 0 Å². The summed E-state index contributed by atoms with van der Waals surface area (Å²) < 4.78 is 4.63. The van der Waals surface area contributed by atoms with Crippen LogP contribution in [0.3, 0.4) is 0 Å². The molecule has 108 valence electrons. The fourth-order valence-electron chi connectivity index (χ4n) is 2.12. The summed E-state index contributed by atoms with van der Waals surface area (Å²) in [5, 5.41) is 2.81. The predicted molar refractivity (Wildman–Crippen MR) is 81.7 cm³/mol. The van der Waals surface area contributed by atoms with Crippen LogP contribution in [0.1, 0.15) is 31.8 Å². The molecule has 0 spiro atoms. The Hall–Kier alpha value is -2.62. The molecular weight excluding hydrogens is 266 g/mol. The Morgan fingerprint density at radius 1 is 0.905 bits per heavy atom. The van der Waals surface area contributed by atoms with E-state index in [9.17, 15) is 9.59 Å². The van der Waals surface area contributed by atoms with Gasteiger partial charge in [-0.15, -0.1) is 0 Å². The van der Waals surface area contributed by atoms with E-state index in [0.29, 0.717) is 16.8 Å². The molecule has 4 nitrogen and oxygen atoms in total. The van der Waals surface area contributed by atoms with Crippen LogP contribution in [0, 0.1) is 13.8 Å². The first kappa shape index (κ1) is 14.8. The van der Waals surface area contributed by atoms with Crippen molar-refractivity contribution in [3.8, 4) is 0 Å². The highest BCUT2D eigenvalue weighted by Crippen LogP contribution is 2.14. The zero-order valence-electron chi connectivity index (χ0n) is 12.3. The fraction of sp³-hybridized carbons (Fsp3) is 0.176. The maximum Gasteiger partial charge on any atom is 0.337 e. The number of benzene rings is 2. The van der Waals surface area contributed by atoms with Crippen molar-refractivity contribution in [3.05, 3.63) is 64.7 Å². The van der Waals surface area contributed by atoms with Crippen LogP contribution in [0.4, 0.5) is 5.69 Å². The van der Waals surface area contributed by atoms with Gasteiger partial charge < -0.3 is 10.1 Å². The zero-order chi connectivity index (χ0) is 15.4. The summed E-state index contributed by atoms with van der Waals surface area (Å²) in [6, 6.07) is 12.3. The molecule has 0 fully saturated rings. The smallest absolute Gasteiger partial charge is 0.337 e. The molecule has 1 amide bonds. The van der Waals surface area contributed by atoms with E-state index in [2.05, 4.69) is 10.1 Å². The molecule has 0 aliphatic carbocycles. The lowest BCUT2D eigenvalue weighted by Crippen LogP contribution is -2.12. The number of amides is 1. The lowest BCUT2D eigenvalue weighted by Gasteiger charge is -2.08. The summed E-state index contributed by atoms with van der Waals surface area (Å²) in [6.07, 6.45) is 0. The Balaban J connectivity index is 2.14. The number of anilines is 1. The molecule has 0 aliphatic rings. The number of ether oxygens (including phenoxy) is 1. The molecule has 2 aromatic carbocycles. The van der Waals surface area contributed by atoms with E-state index in [4.69, 9.17) is 0 Å². The molecule has 2 aromatic rings. The van der Waals surface area contributed by atoms with Crippen molar-refractivity contribution in [1.82, 2.24) is 0 Å². The van der Waals surface area contributed by atoms with Crippen LogP contribution in [0.25, 0.3) is 0 Å². The van der Waals surface area contributed by atoms with Gasteiger partial charge >= 0.3 is 5.97 Å². The summed E-state index contributed by atoms with van der Waals surface area (Å²) in [7, 11) is 1.33. The first-order chi connectivity index (χ1) is 9.99. The van der Waals surface area contributed by atoms with Crippen LogP contribution in [-0.4, -0.2) is 19.0 Å². The van der Waals surface area contributed by atoms with Crippen LogP contribution in [0.2, 0.25) is 0 Å². The van der Waals surface area contributed by atoms with Gasteiger partial charge in [0.2, 0.25) is 0 Å². The van der Waals surface area contributed by atoms with E-state index in [1.54, 1.807) is 24.3 Å². The average Bonchev–Trinajstić information content (AvgIpc) is 2.46. The summed E-state index contributed by atoms with van der Waals surface area (Å²) >= 11 is 0. The van der Waals surface area contributed by atoms with Crippen molar-refractivity contribution in [1.29, 1.82) is 0 Å². The molecule has 0 aromatic heterocycles. The molecule has 21 heavy (non-hydrogen) atoms. The molecule has 0 heterocycles. The molecular formula is C17H17NO3. The topological polar surface area (TPSA) is 55.4 Å². The fourth-order valence-corrected chi connectivity index (χ4v) is 2.12. The second-order valence-corrected chi connectivity index (χ2v) is 4.90. The van der Waals surface area contributed by atoms with E-state index in [0.717, 1.165) is 11.1 Å². The molecule has 2 rings (SSSR count). The molecule has 4 heteroatoms. The van der Waals surface area contributed by atoms with Crippen LogP contribution < -0.4 is 5.32 Å². The standard InChI is InChI=1S/C17H17NO3/c1-11-8-12(2)10-14(9-11)16(19)18-15-6-4-13(5-7-15)17(20)21-3/h4-10H,1-3H3,(H,18,19). The van der Waals surface area contributed by atoms with Gasteiger partial charge in [0.25, 0.3) is 5.91 Å². The maximum absolute atomic E-state index is 12.2. The number of carbonyl (C=O) groups excluding carboxylic acids is 2. The minimum atomic E-state index is -0.401. The number of esters is 1. The number of carbonyl (C=O) groups is 2. The highest BCUT2D eigenvalue weighted by Gasteiger charge is 2.09. The van der Waals surface area contributed by atoms with E-state index in [1.165, 1.54) is 7.11 Å². The molecule has 0 radical (unpaired) electrons. The summed E-state index contributed by atoms with van der Waals surface area (Å²) in [5.41, 5.74) is 3.78. The highest BCUT2D eigenvalue weighted by atomic mass is 16.5. The Morgan fingerprint density at radius 3 is 2.00 bits per heavy atom. The second kappa shape index (κ2) is 6.22. The molecule has 0 atom stereocenters. The van der Waals surface area contributed by atoms with Crippen molar-refractivity contribution in [2.45, 2.75) is 13.8 Å². The third kappa shape index (κ3) is 3.69. The van der Waals surface area contributed by atoms with Gasteiger partial charge in [-0.1, -0.05) is 17.2 Å². The average molecular weight is 283 g/mol. The van der Waals surface area contributed by atoms with Gasteiger partial charge in [-0.05, 0) is 50.2 Å². The van der Waals surface area contributed by atoms with Crippen molar-refractivity contribution in [3.63, 3.8) is 0 Å². The molecule has 0 saturated carbocycles. The van der Waals surface area contributed by atoms with Gasteiger partial charge in [-0.3, -0.25) is 4.79 Å². The highest BCUT2D eigenvalue weighted by molar-refractivity contribution is 6.04. The van der Waals surface area contributed by atoms with Gasteiger partial charge in [-0.2, -0.15) is 0 Å². The predicted octanol–water partition coefficient (Wildman–Crippen LogP) is 3.34. The van der Waals surface area contributed by atoms with Gasteiger partial charge in [0.05, 0.1) is 12.7 Å². The Bertz CT molecular complexity index is 655. The zero-order valence-corrected chi connectivity index (χ0v) is 12.3. The van der Waals surface area contributed by atoms with Crippen LogP contribution in [0.15, 0.2) is 42.5 Å². The quantitative estimate of drug-likeness (QED) is 0.879. The van der Waals surface area contributed by atoms with Crippen molar-refractivity contribution < 1.29 is 14.3 Å². The van der Waals surface area contributed by atoms with E-state index in [-0.39, 0.29) is 5.91 Å². The molecule has 0 aliphatic heterocycles. The Morgan fingerprint density at radius 2 is 1.48 bits per heavy atom. The summed E-state index contributed by atoms with van der Waals surface area (Å²) in [5.74, 6) is -0.574. The number of hydrogen-bond acceptors (Lipinski definition) is 3. The molecule has 0 saturated heterocycles. The monoisotopic (exact) mass is 283 g/mol. The third-order valence-corrected chi connectivity index (χ3v) is 3.05. The molecule has 0 bridgehead atoms. The second-order valence-electron chi connectivity index (χ2n) is 4.90. The number of methoxy groups -OCH3 is 1.